The molecule has 1 rings (SSSR count). The lowest BCUT2D eigenvalue weighted by molar-refractivity contribution is -0.122. The van der Waals surface area contributed by atoms with Crippen LogP contribution in [0.5, 0.6) is 5.75 Å². The Hall–Kier alpha value is -1.60. The van der Waals surface area contributed by atoms with Crippen molar-refractivity contribution in [3.63, 3.8) is 0 Å². The molecule has 0 fully saturated rings. The number of benzene rings is 1. The molecule has 0 radical (unpaired) electrons. The second-order valence-corrected chi connectivity index (χ2v) is 6.66. The van der Waals surface area contributed by atoms with E-state index >= 15 is 0 Å². The van der Waals surface area contributed by atoms with Gasteiger partial charge in [0.1, 0.15) is 15.6 Å². The van der Waals surface area contributed by atoms with Crippen LogP contribution < -0.4 is 11.1 Å². The van der Waals surface area contributed by atoms with Crippen LogP contribution in [0.1, 0.15) is 5.56 Å². The zero-order valence-corrected chi connectivity index (χ0v) is 11.5. The topological polar surface area (TPSA) is 109 Å². The van der Waals surface area contributed by atoms with Crippen LogP contribution in [0, 0.1) is 0 Å². The third-order valence-electron chi connectivity index (χ3n) is 2.50. The van der Waals surface area contributed by atoms with Gasteiger partial charge in [-0.15, -0.1) is 0 Å². The van der Waals surface area contributed by atoms with Crippen molar-refractivity contribution in [2.24, 2.45) is 5.73 Å². The predicted molar refractivity (Wildman–Crippen MR) is 72.5 cm³/mol. The summed E-state index contributed by atoms with van der Waals surface area (Å²) in [5, 5.41) is 11.6. The van der Waals surface area contributed by atoms with Gasteiger partial charge in [-0.1, -0.05) is 12.1 Å². The fourth-order valence-corrected chi connectivity index (χ4v) is 1.94. The molecule has 1 atom stereocenters. The molecular weight excluding hydrogens is 268 g/mol. The number of aromatic hydroxyl groups is 1. The van der Waals surface area contributed by atoms with Gasteiger partial charge in [0.25, 0.3) is 0 Å². The largest absolute Gasteiger partial charge is 0.508 e. The zero-order valence-electron chi connectivity index (χ0n) is 10.7. The van der Waals surface area contributed by atoms with Crippen LogP contribution >= 0.6 is 0 Å². The summed E-state index contributed by atoms with van der Waals surface area (Å²) in [4.78, 5) is 11.6. The van der Waals surface area contributed by atoms with Crippen LogP contribution in [0.15, 0.2) is 24.3 Å². The summed E-state index contributed by atoms with van der Waals surface area (Å²) < 4.78 is 21.8. The minimum Gasteiger partial charge on any atom is -0.508 e. The van der Waals surface area contributed by atoms with E-state index in [1.165, 1.54) is 12.1 Å². The molecule has 106 valence electrons. The average molecular weight is 286 g/mol. The molecule has 0 aliphatic heterocycles. The Bertz CT molecular complexity index is 525. The van der Waals surface area contributed by atoms with E-state index in [1.54, 1.807) is 12.1 Å². The maximum atomic E-state index is 11.6. The Balaban J connectivity index is 2.42. The van der Waals surface area contributed by atoms with Gasteiger partial charge in [-0.3, -0.25) is 4.79 Å². The number of sulfone groups is 1. The van der Waals surface area contributed by atoms with E-state index in [0.29, 0.717) is 6.42 Å². The first kappa shape index (κ1) is 15.5. The van der Waals surface area contributed by atoms with Crippen molar-refractivity contribution in [2.45, 2.75) is 12.5 Å². The molecule has 0 aromatic heterocycles. The van der Waals surface area contributed by atoms with E-state index in [0.717, 1.165) is 11.8 Å². The molecule has 7 heteroatoms. The number of carbonyl (C=O) groups is 1. The maximum Gasteiger partial charge on any atom is 0.237 e. The van der Waals surface area contributed by atoms with Gasteiger partial charge >= 0.3 is 0 Å². The molecule has 0 aliphatic carbocycles. The molecule has 0 saturated carbocycles. The first-order valence-corrected chi connectivity index (χ1v) is 7.83. The van der Waals surface area contributed by atoms with Crippen molar-refractivity contribution >= 4 is 15.7 Å². The normalized spacial score (nSPS) is 12.9. The van der Waals surface area contributed by atoms with Crippen LogP contribution in [0.2, 0.25) is 0 Å². The van der Waals surface area contributed by atoms with Crippen molar-refractivity contribution in [3.05, 3.63) is 29.8 Å². The minimum absolute atomic E-state index is 0.0565. The van der Waals surface area contributed by atoms with Gasteiger partial charge in [-0.05, 0) is 24.1 Å². The summed E-state index contributed by atoms with van der Waals surface area (Å²) in [6.45, 7) is 0.0565. The molecule has 0 unspecified atom stereocenters. The SMILES string of the molecule is CS(=O)(=O)CCNC(=O)[C@@H](N)Cc1ccc(O)cc1. The maximum absolute atomic E-state index is 11.6. The number of phenolic OH excluding ortho intramolecular Hbond substituents is 1. The number of hydrogen-bond donors (Lipinski definition) is 3. The average Bonchev–Trinajstić information content (AvgIpc) is 2.30. The number of amides is 1. The third-order valence-corrected chi connectivity index (χ3v) is 3.45. The molecule has 0 aliphatic rings. The highest BCUT2D eigenvalue weighted by atomic mass is 32.2. The Morgan fingerprint density at radius 2 is 1.95 bits per heavy atom. The molecule has 19 heavy (non-hydrogen) atoms. The van der Waals surface area contributed by atoms with Crippen LogP contribution in [-0.4, -0.2) is 44.0 Å². The monoisotopic (exact) mass is 286 g/mol. The summed E-state index contributed by atoms with van der Waals surface area (Å²) in [5.74, 6) is -0.350. The molecule has 0 spiro atoms. The molecule has 1 amide bonds. The van der Waals surface area contributed by atoms with Crippen molar-refractivity contribution in [2.75, 3.05) is 18.6 Å². The van der Waals surface area contributed by atoms with E-state index in [-0.39, 0.29) is 18.0 Å². The highest BCUT2D eigenvalue weighted by Gasteiger charge is 2.14. The Kier molecular flexibility index (Phi) is 5.31. The quantitative estimate of drug-likeness (QED) is 0.648. The standard InChI is InChI=1S/C12H18N2O4S/c1-19(17,18)7-6-14-12(16)11(13)8-9-2-4-10(15)5-3-9/h2-5,11,15H,6-8,13H2,1H3,(H,14,16)/t11-/m0/s1. The zero-order chi connectivity index (χ0) is 14.5. The van der Waals surface area contributed by atoms with E-state index in [1.807, 2.05) is 0 Å². The van der Waals surface area contributed by atoms with Crippen LogP contribution in [0.3, 0.4) is 0 Å². The van der Waals surface area contributed by atoms with E-state index in [2.05, 4.69) is 5.32 Å². The van der Waals surface area contributed by atoms with Crippen molar-refractivity contribution < 1.29 is 18.3 Å². The van der Waals surface area contributed by atoms with Crippen molar-refractivity contribution in [3.8, 4) is 5.75 Å². The fourth-order valence-electron chi connectivity index (χ4n) is 1.47. The summed E-state index contributed by atoms with van der Waals surface area (Å²) in [5.41, 5.74) is 6.54. The van der Waals surface area contributed by atoms with Crippen LogP contribution in [0.4, 0.5) is 0 Å². The molecule has 0 saturated heterocycles. The van der Waals surface area contributed by atoms with Crippen LogP contribution in [-0.2, 0) is 21.1 Å². The van der Waals surface area contributed by atoms with Gasteiger partial charge in [-0.25, -0.2) is 8.42 Å². The summed E-state index contributed by atoms with van der Waals surface area (Å²) in [7, 11) is -3.09. The van der Waals surface area contributed by atoms with Gasteiger partial charge in [0.15, 0.2) is 0 Å². The number of hydrogen-bond acceptors (Lipinski definition) is 5. The molecule has 1 aromatic rings. The lowest BCUT2D eigenvalue weighted by atomic mass is 10.1. The van der Waals surface area contributed by atoms with Gasteiger partial charge in [0.2, 0.25) is 5.91 Å². The number of carbonyl (C=O) groups excluding carboxylic acids is 1. The summed E-state index contributed by atoms with van der Waals surface area (Å²) >= 11 is 0. The first-order chi connectivity index (χ1) is 8.78. The molecule has 0 bridgehead atoms. The second kappa shape index (κ2) is 6.53. The summed E-state index contributed by atoms with van der Waals surface area (Å²) in [6.07, 6.45) is 1.43. The fraction of sp³-hybridized carbons (Fsp3) is 0.417. The Labute approximate surface area is 112 Å². The molecule has 1 aromatic carbocycles. The van der Waals surface area contributed by atoms with Crippen molar-refractivity contribution in [1.29, 1.82) is 0 Å². The minimum atomic E-state index is -3.09. The predicted octanol–water partition coefficient (Wildman–Crippen LogP) is -0.577. The Morgan fingerprint density at radius 3 is 2.47 bits per heavy atom. The van der Waals surface area contributed by atoms with Gasteiger partial charge in [-0.2, -0.15) is 0 Å². The molecule has 0 heterocycles. The molecule has 4 N–H and O–H groups in total. The smallest absolute Gasteiger partial charge is 0.237 e. The van der Waals surface area contributed by atoms with E-state index in [4.69, 9.17) is 10.8 Å². The Morgan fingerprint density at radius 1 is 1.37 bits per heavy atom. The molecular formula is C12H18N2O4S. The summed E-state index contributed by atoms with van der Waals surface area (Å²) in [6, 6.07) is 5.65. The first-order valence-electron chi connectivity index (χ1n) is 5.77. The lowest BCUT2D eigenvalue weighted by Gasteiger charge is -2.12. The van der Waals surface area contributed by atoms with E-state index < -0.39 is 21.8 Å². The number of nitrogens with one attached hydrogen (secondary N) is 1. The number of nitrogens with two attached hydrogens (primary N) is 1. The highest BCUT2D eigenvalue weighted by molar-refractivity contribution is 7.90. The van der Waals surface area contributed by atoms with Gasteiger partial charge in [0.05, 0.1) is 11.8 Å². The molecule has 6 nitrogen and oxygen atoms in total. The van der Waals surface area contributed by atoms with Crippen LogP contribution in [0.25, 0.3) is 0 Å². The van der Waals surface area contributed by atoms with E-state index in [9.17, 15) is 13.2 Å². The van der Waals surface area contributed by atoms with Crippen molar-refractivity contribution in [1.82, 2.24) is 5.32 Å². The number of phenols is 1. The highest BCUT2D eigenvalue weighted by Crippen LogP contribution is 2.10. The number of rotatable bonds is 6. The third kappa shape index (κ3) is 6.21. The lowest BCUT2D eigenvalue weighted by Crippen LogP contribution is -2.43. The van der Waals surface area contributed by atoms with Gasteiger partial charge in [0, 0.05) is 12.8 Å². The second-order valence-electron chi connectivity index (χ2n) is 4.40. The van der Waals surface area contributed by atoms with Gasteiger partial charge < -0.3 is 16.2 Å².